The number of para-hydroxylation sites is 2. The molecule has 0 radical (unpaired) electrons. The minimum Gasteiger partial charge on any atom is -0.496 e. The van der Waals surface area contributed by atoms with Crippen LogP contribution in [0.3, 0.4) is 0 Å². The van der Waals surface area contributed by atoms with Crippen LogP contribution in [0.2, 0.25) is 0 Å². The number of aromatic nitrogens is 2. The number of benzene rings is 2. The number of rotatable bonds is 6. The maximum Gasteiger partial charge on any atom is 0.130 e. The van der Waals surface area contributed by atoms with Gasteiger partial charge in [0, 0.05) is 22.4 Å². The summed E-state index contributed by atoms with van der Waals surface area (Å²) < 4.78 is 5.63. The lowest BCUT2D eigenvalue weighted by Gasteiger charge is -2.10. The van der Waals surface area contributed by atoms with Gasteiger partial charge in [-0.1, -0.05) is 30.3 Å². The summed E-state index contributed by atoms with van der Waals surface area (Å²) in [6, 6.07) is 18.5. The molecular formula is C22H23N3O. The van der Waals surface area contributed by atoms with Crippen LogP contribution >= 0.6 is 0 Å². The minimum atomic E-state index is 0.722. The average Bonchev–Trinajstić information content (AvgIpc) is 3.06. The molecule has 0 aliphatic carbocycles. The molecule has 0 saturated heterocycles. The van der Waals surface area contributed by atoms with Gasteiger partial charge < -0.3 is 15.5 Å². The fourth-order valence-corrected chi connectivity index (χ4v) is 3.56. The molecule has 0 aliphatic heterocycles. The molecule has 0 atom stereocenters. The van der Waals surface area contributed by atoms with E-state index >= 15 is 0 Å². The van der Waals surface area contributed by atoms with Gasteiger partial charge in [-0.2, -0.15) is 0 Å². The maximum absolute atomic E-state index is 5.69. The van der Waals surface area contributed by atoms with Crippen LogP contribution in [-0.4, -0.2) is 23.6 Å². The van der Waals surface area contributed by atoms with Crippen molar-refractivity contribution in [2.75, 3.05) is 13.7 Å². The fourth-order valence-electron chi connectivity index (χ4n) is 3.56. The van der Waals surface area contributed by atoms with Crippen molar-refractivity contribution < 1.29 is 4.74 Å². The van der Waals surface area contributed by atoms with E-state index in [0.29, 0.717) is 0 Å². The Morgan fingerprint density at radius 2 is 1.77 bits per heavy atom. The van der Waals surface area contributed by atoms with E-state index in [1.54, 1.807) is 7.11 Å². The highest BCUT2D eigenvalue weighted by atomic mass is 16.5. The van der Waals surface area contributed by atoms with Crippen LogP contribution in [0.1, 0.15) is 18.4 Å². The number of unbranched alkanes of at least 4 members (excludes halogenated alkanes) is 1. The summed E-state index contributed by atoms with van der Waals surface area (Å²) in [5.74, 6) is 0.845. The van der Waals surface area contributed by atoms with Crippen LogP contribution in [0.15, 0.2) is 54.6 Å². The van der Waals surface area contributed by atoms with Crippen molar-refractivity contribution in [2.24, 2.45) is 5.73 Å². The number of methoxy groups -OCH3 is 1. The first-order chi connectivity index (χ1) is 12.8. The second kappa shape index (κ2) is 7.18. The Kier molecular flexibility index (Phi) is 4.59. The Labute approximate surface area is 153 Å². The minimum absolute atomic E-state index is 0.722. The molecule has 0 unspecified atom stereocenters. The van der Waals surface area contributed by atoms with Crippen LogP contribution < -0.4 is 10.5 Å². The molecule has 0 aliphatic rings. The fraction of sp³-hybridized carbons (Fsp3) is 0.227. The lowest BCUT2D eigenvalue weighted by molar-refractivity contribution is 0.419. The molecule has 4 rings (SSSR count). The lowest BCUT2D eigenvalue weighted by atomic mass is 10.0. The normalized spacial score (nSPS) is 11.3. The van der Waals surface area contributed by atoms with Gasteiger partial charge in [-0.15, -0.1) is 0 Å². The summed E-state index contributed by atoms with van der Waals surface area (Å²) >= 11 is 0. The van der Waals surface area contributed by atoms with Gasteiger partial charge in [0.25, 0.3) is 0 Å². The summed E-state index contributed by atoms with van der Waals surface area (Å²) in [6.07, 6.45) is 3.07. The number of fused-ring (bicyclic) bond motifs is 2. The van der Waals surface area contributed by atoms with E-state index in [4.69, 9.17) is 15.5 Å². The van der Waals surface area contributed by atoms with Crippen LogP contribution in [0.4, 0.5) is 0 Å². The average molecular weight is 345 g/mol. The van der Waals surface area contributed by atoms with Gasteiger partial charge in [0.05, 0.1) is 24.0 Å². The zero-order chi connectivity index (χ0) is 17.9. The van der Waals surface area contributed by atoms with Gasteiger partial charge in [-0.05, 0) is 49.6 Å². The van der Waals surface area contributed by atoms with Crippen molar-refractivity contribution in [1.29, 1.82) is 0 Å². The quantitative estimate of drug-likeness (QED) is 0.499. The van der Waals surface area contributed by atoms with Gasteiger partial charge in [0.15, 0.2) is 0 Å². The predicted octanol–water partition coefficient (Wildman–Crippen LogP) is 4.67. The van der Waals surface area contributed by atoms with E-state index in [0.717, 1.165) is 59.4 Å². The number of aromatic amines is 1. The number of hydrogen-bond donors (Lipinski definition) is 2. The summed E-state index contributed by atoms with van der Waals surface area (Å²) in [5.41, 5.74) is 11.1. The van der Waals surface area contributed by atoms with E-state index in [2.05, 4.69) is 29.2 Å². The molecule has 0 fully saturated rings. The SMILES string of the molecule is COc1cc(-c2[nH]c3ccccc3c2CCCCN)nc2ccccc12. The molecule has 2 heterocycles. The highest BCUT2D eigenvalue weighted by Gasteiger charge is 2.16. The molecular weight excluding hydrogens is 322 g/mol. The van der Waals surface area contributed by atoms with Crippen molar-refractivity contribution in [3.05, 3.63) is 60.2 Å². The van der Waals surface area contributed by atoms with Crippen molar-refractivity contribution in [1.82, 2.24) is 9.97 Å². The number of nitrogens with one attached hydrogen (secondary N) is 1. The number of aryl methyl sites for hydroxylation is 1. The zero-order valence-corrected chi connectivity index (χ0v) is 15.0. The van der Waals surface area contributed by atoms with Gasteiger partial charge in [0.1, 0.15) is 5.75 Å². The number of hydrogen-bond acceptors (Lipinski definition) is 3. The van der Waals surface area contributed by atoms with E-state index in [1.807, 2.05) is 30.3 Å². The number of nitrogens with two attached hydrogens (primary N) is 1. The number of pyridine rings is 1. The summed E-state index contributed by atoms with van der Waals surface area (Å²) in [6.45, 7) is 0.722. The van der Waals surface area contributed by atoms with E-state index < -0.39 is 0 Å². The Balaban J connectivity index is 1.90. The van der Waals surface area contributed by atoms with Crippen LogP contribution in [0.5, 0.6) is 5.75 Å². The van der Waals surface area contributed by atoms with Crippen LogP contribution in [0.25, 0.3) is 33.2 Å². The second-order valence-corrected chi connectivity index (χ2v) is 6.50. The van der Waals surface area contributed by atoms with E-state index in [9.17, 15) is 0 Å². The summed E-state index contributed by atoms with van der Waals surface area (Å²) in [4.78, 5) is 8.48. The highest BCUT2D eigenvalue weighted by molar-refractivity contribution is 5.93. The standard InChI is InChI=1S/C22H23N3O/c1-26-21-14-20(24-19-12-5-3-10-17(19)21)22-16(9-6-7-13-23)15-8-2-4-11-18(15)25-22/h2-5,8,10-12,14,25H,6-7,9,13,23H2,1H3. The molecule has 132 valence electrons. The Morgan fingerprint density at radius 1 is 1.00 bits per heavy atom. The van der Waals surface area contributed by atoms with Gasteiger partial charge >= 0.3 is 0 Å². The molecule has 4 aromatic rings. The van der Waals surface area contributed by atoms with Crippen molar-refractivity contribution in [3.8, 4) is 17.1 Å². The second-order valence-electron chi connectivity index (χ2n) is 6.50. The molecule has 0 amide bonds. The third-order valence-electron chi connectivity index (χ3n) is 4.85. The van der Waals surface area contributed by atoms with Crippen LogP contribution in [0, 0.1) is 0 Å². The maximum atomic E-state index is 5.69. The van der Waals surface area contributed by atoms with Gasteiger partial charge in [0.2, 0.25) is 0 Å². The molecule has 0 spiro atoms. The first-order valence-electron chi connectivity index (χ1n) is 9.05. The summed E-state index contributed by atoms with van der Waals surface area (Å²) in [5, 5.41) is 2.29. The molecule has 0 bridgehead atoms. The topological polar surface area (TPSA) is 63.9 Å². The Hall–Kier alpha value is -2.85. The van der Waals surface area contributed by atoms with Crippen LogP contribution in [-0.2, 0) is 6.42 Å². The molecule has 4 nitrogen and oxygen atoms in total. The van der Waals surface area contributed by atoms with Gasteiger partial charge in [-0.3, -0.25) is 0 Å². The van der Waals surface area contributed by atoms with Crippen molar-refractivity contribution in [2.45, 2.75) is 19.3 Å². The first kappa shape index (κ1) is 16.6. The number of nitrogens with zero attached hydrogens (tertiary/aromatic N) is 1. The summed E-state index contributed by atoms with van der Waals surface area (Å²) in [7, 11) is 1.71. The zero-order valence-electron chi connectivity index (χ0n) is 15.0. The number of H-pyrrole nitrogens is 1. The van der Waals surface area contributed by atoms with E-state index in [1.165, 1.54) is 10.9 Å². The predicted molar refractivity (Wildman–Crippen MR) is 108 cm³/mol. The Bertz CT molecular complexity index is 1050. The molecule has 0 saturated carbocycles. The van der Waals surface area contributed by atoms with Crippen molar-refractivity contribution in [3.63, 3.8) is 0 Å². The largest absolute Gasteiger partial charge is 0.496 e. The Morgan fingerprint density at radius 3 is 2.58 bits per heavy atom. The van der Waals surface area contributed by atoms with E-state index in [-0.39, 0.29) is 0 Å². The third kappa shape index (κ3) is 2.93. The molecule has 2 aromatic carbocycles. The monoisotopic (exact) mass is 345 g/mol. The first-order valence-corrected chi connectivity index (χ1v) is 9.05. The highest BCUT2D eigenvalue weighted by Crippen LogP contribution is 2.34. The molecule has 4 heteroatoms. The van der Waals surface area contributed by atoms with Crippen molar-refractivity contribution >= 4 is 21.8 Å². The van der Waals surface area contributed by atoms with Gasteiger partial charge in [-0.25, -0.2) is 4.98 Å². The third-order valence-corrected chi connectivity index (χ3v) is 4.85. The lowest BCUT2D eigenvalue weighted by Crippen LogP contribution is -1.99. The molecule has 2 aromatic heterocycles. The molecule has 26 heavy (non-hydrogen) atoms. The molecule has 3 N–H and O–H groups in total. The smallest absolute Gasteiger partial charge is 0.130 e. The number of ether oxygens (including phenoxy) is 1.